The second-order valence-electron chi connectivity index (χ2n) is 10.2. The Balaban J connectivity index is 1.11. The number of carbonyl (C=O) groups excluding carboxylic acids is 2. The van der Waals surface area contributed by atoms with E-state index in [1.807, 2.05) is 17.0 Å². The molecule has 3 aromatic rings. The van der Waals surface area contributed by atoms with Gasteiger partial charge in [0.2, 0.25) is 11.8 Å². The van der Waals surface area contributed by atoms with Gasteiger partial charge >= 0.3 is 0 Å². The number of nitrogens with one attached hydrogen (secondary N) is 1. The highest BCUT2D eigenvalue weighted by molar-refractivity contribution is 5.83. The van der Waals surface area contributed by atoms with Crippen LogP contribution in [0.3, 0.4) is 0 Å². The van der Waals surface area contributed by atoms with E-state index in [2.05, 4.69) is 53.8 Å². The van der Waals surface area contributed by atoms with Crippen LogP contribution in [0.15, 0.2) is 84.9 Å². The van der Waals surface area contributed by atoms with E-state index in [4.69, 9.17) is 0 Å². The molecule has 2 fully saturated rings. The van der Waals surface area contributed by atoms with Gasteiger partial charge in [0.15, 0.2) is 0 Å². The van der Waals surface area contributed by atoms with Crippen molar-refractivity contribution in [2.75, 3.05) is 19.6 Å². The molecule has 1 saturated carbocycles. The van der Waals surface area contributed by atoms with E-state index in [9.17, 15) is 14.0 Å². The average molecular weight is 485 g/mol. The lowest BCUT2D eigenvalue weighted by molar-refractivity contribution is -0.132. The van der Waals surface area contributed by atoms with Crippen molar-refractivity contribution in [3.05, 3.63) is 107 Å². The normalized spacial score (nSPS) is 18.3. The predicted octanol–water partition coefficient (Wildman–Crippen LogP) is 5.34. The molecule has 186 valence electrons. The number of halogens is 1. The lowest BCUT2D eigenvalue weighted by Gasteiger charge is -2.33. The summed E-state index contributed by atoms with van der Waals surface area (Å²) in [5, 5.41) is 3.20. The Morgan fingerprint density at radius 2 is 1.47 bits per heavy atom. The van der Waals surface area contributed by atoms with Crippen LogP contribution in [0.1, 0.15) is 48.3 Å². The van der Waals surface area contributed by atoms with Gasteiger partial charge in [-0.05, 0) is 53.9 Å². The van der Waals surface area contributed by atoms with Gasteiger partial charge in [-0.25, -0.2) is 4.39 Å². The molecule has 0 aromatic heterocycles. The molecule has 5 rings (SSSR count). The summed E-state index contributed by atoms with van der Waals surface area (Å²) in [6.45, 7) is 1.91. The lowest BCUT2D eigenvalue weighted by atomic mass is 9.88. The van der Waals surface area contributed by atoms with E-state index in [0.717, 1.165) is 25.7 Å². The highest BCUT2D eigenvalue weighted by Gasteiger charge is 2.58. The van der Waals surface area contributed by atoms with Crippen LogP contribution < -0.4 is 5.32 Å². The fraction of sp³-hybridized carbons (Fsp3) is 0.355. The standard InChI is InChI=1S/C31H33FN2O2/c32-28-14-8-7-13-25(28)21-29(35)34-19-16-31(17-20-34)22-27(31)30(36)33-18-15-26(23-9-3-1-4-10-23)24-11-5-2-6-12-24/h1-14,26-27H,15-22H2,(H,33,36). The molecule has 0 radical (unpaired) electrons. The van der Waals surface area contributed by atoms with E-state index in [1.54, 1.807) is 18.2 Å². The van der Waals surface area contributed by atoms with Crippen LogP contribution in [-0.4, -0.2) is 36.3 Å². The Hall–Kier alpha value is -3.47. The van der Waals surface area contributed by atoms with E-state index < -0.39 is 0 Å². The minimum atomic E-state index is -0.333. The summed E-state index contributed by atoms with van der Waals surface area (Å²) >= 11 is 0. The Morgan fingerprint density at radius 1 is 0.889 bits per heavy atom. The van der Waals surface area contributed by atoms with Crippen LogP contribution in [0, 0.1) is 17.2 Å². The number of amides is 2. The quantitative estimate of drug-likeness (QED) is 0.470. The molecular weight excluding hydrogens is 451 g/mol. The Morgan fingerprint density at radius 3 is 2.08 bits per heavy atom. The number of carbonyl (C=O) groups is 2. The minimum absolute atomic E-state index is 0.0249. The molecule has 4 nitrogen and oxygen atoms in total. The maximum absolute atomic E-state index is 13.9. The van der Waals surface area contributed by atoms with Crippen LogP contribution in [0.2, 0.25) is 0 Å². The summed E-state index contributed by atoms with van der Waals surface area (Å²) < 4.78 is 13.9. The molecule has 1 aliphatic heterocycles. The van der Waals surface area contributed by atoms with Gasteiger partial charge in [0.05, 0.1) is 6.42 Å². The predicted molar refractivity (Wildman–Crippen MR) is 139 cm³/mol. The van der Waals surface area contributed by atoms with Crippen molar-refractivity contribution < 1.29 is 14.0 Å². The number of hydrogen-bond donors (Lipinski definition) is 1. The van der Waals surface area contributed by atoms with Crippen molar-refractivity contribution in [3.8, 4) is 0 Å². The first kappa shape index (κ1) is 24.2. The molecule has 0 bridgehead atoms. The van der Waals surface area contributed by atoms with Crippen molar-refractivity contribution in [3.63, 3.8) is 0 Å². The average Bonchev–Trinajstić information content (AvgIpc) is 3.62. The van der Waals surface area contributed by atoms with E-state index in [-0.39, 0.29) is 41.3 Å². The highest BCUT2D eigenvalue weighted by Crippen LogP contribution is 2.59. The molecule has 1 atom stereocenters. The topological polar surface area (TPSA) is 49.4 Å². The summed E-state index contributed by atoms with van der Waals surface area (Å²) in [6.07, 6.45) is 3.51. The highest BCUT2D eigenvalue weighted by atomic mass is 19.1. The smallest absolute Gasteiger partial charge is 0.227 e. The molecule has 1 aliphatic carbocycles. The second-order valence-corrected chi connectivity index (χ2v) is 10.2. The number of nitrogens with zero attached hydrogens (tertiary/aromatic N) is 1. The Kier molecular flexibility index (Phi) is 7.17. The van der Waals surface area contributed by atoms with E-state index >= 15 is 0 Å². The first-order valence-corrected chi connectivity index (χ1v) is 12.9. The number of piperidine rings is 1. The zero-order chi connectivity index (χ0) is 25.0. The van der Waals surface area contributed by atoms with Gasteiger partial charge in [-0.15, -0.1) is 0 Å². The second kappa shape index (κ2) is 10.7. The lowest BCUT2D eigenvalue weighted by Crippen LogP contribution is -2.41. The first-order chi connectivity index (χ1) is 17.6. The maximum Gasteiger partial charge on any atom is 0.227 e. The molecule has 2 aliphatic rings. The molecule has 3 aromatic carbocycles. The molecule has 36 heavy (non-hydrogen) atoms. The summed E-state index contributed by atoms with van der Waals surface area (Å²) in [7, 11) is 0. The van der Waals surface area contributed by atoms with Gasteiger partial charge in [-0.1, -0.05) is 78.9 Å². The zero-order valence-electron chi connectivity index (χ0n) is 20.5. The largest absolute Gasteiger partial charge is 0.356 e. The van der Waals surface area contributed by atoms with Crippen molar-refractivity contribution in [2.45, 2.75) is 38.0 Å². The molecule has 5 heteroatoms. The SMILES string of the molecule is O=C(NCCC(c1ccccc1)c1ccccc1)C1CC12CCN(C(=O)Cc1ccccc1F)CC2. The van der Waals surface area contributed by atoms with Gasteiger partial charge in [0, 0.05) is 31.5 Å². The van der Waals surface area contributed by atoms with Gasteiger partial charge in [-0.3, -0.25) is 9.59 Å². The summed E-state index contributed by atoms with van der Waals surface area (Å²) in [4.78, 5) is 27.5. The molecule has 1 saturated heterocycles. The van der Waals surface area contributed by atoms with Gasteiger partial charge < -0.3 is 10.2 Å². The fourth-order valence-corrected chi connectivity index (χ4v) is 5.75. The van der Waals surface area contributed by atoms with Gasteiger partial charge in [0.1, 0.15) is 5.82 Å². The zero-order valence-corrected chi connectivity index (χ0v) is 20.5. The Bertz CT molecular complexity index is 1150. The summed E-state index contributed by atoms with van der Waals surface area (Å²) in [5.74, 6) is 0.0447. The van der Waals surface area contributed by atoms with E-state index in [0.29, 0.717) is 25.2 Å². The third-order valence-corrected chi connectivity index (χ3v) is 8.05. The monoisotopic (exact) mass is 484 g/mol. The van der Waals surface area contributed by atoms with Crippen LogP contribution in [0.4, 0.5) is 4.39 Å². The Labute approximate surface area is 212 Å². The number of benzene rings is 3. The van der Waals surface area contributed by atoms with Gasteiger partial charge in [0.25, 0.3) is 0 Å². The van der Waals surface area contributed by atoms with Crippen molar-refractivity contribution in [2.24, 2.45) is 11.3 Å². The molecule has 1 spiro atoms. The minimum Gasteiger partial charge on any atom is -0.356 e. The third kappa shape index (κ3) is 5.35. The molecule has 1 unspecified atom stereocenters. The van der Waals surface area contributed by atoms with Crippen molar-refractivity contribution >= 4 is 11.8 Å². The van der Waals surface area contributed by atoms with Crippen LogP contribution in [0.5, 0.6) is 0 Å². The van der Waals surface area contributed by atoms with Gasteiger partial charge in [-0.2, -0.15) is 0 Å². The maximum atomic E-state index is 13.9. The molecule has 1 heterocycles. The van der Waals surface area contributed by atoms with Crippen LogP contribution >= 0.6 is 0 Å². The summed E-state index contributed by atoms with van der Waals surface area (Å²) in [5.41, 5.74) is 2.98. The van der Waals surface area contributed by atoms with Crippen molar-refractivity contribution in [1.82, 2.24) is 10.2 Å². The van der Waals surface area contributed by atoms with Crippen LogP contribution in [-0.2, 0) is 16.0 Å². The fourth-order valence-electron chi connectivity index (χ4n) is 5.75. The molecule has 1 N–H and O–H groups in total. The number of hydrogen-bond acceptors (Lipinski definition) is 2. The van der Waals surface area contributed by atoms with Crippen molar-refractivity contribution in [1.29, 1.82) is 0 Å². The number of likely N-dealkylation sites (tertiary alicyclic amines) is 1. The van der Waals surface area contributed by atoms with Crippen LogP contribution in [0.25, 0.3) is 0 Å². The molecular formula is C31H33FN2O2. The van der Waals surface area contributed by atoms with E-state index in [1.165, 1.54) is 17.2 Å². The first-order valence-electron chi connectivity index (χ1n) is 12.9. The third-order valence-electron chi connectivity index (χ3n) is 8.05. The summed E-state index contributed by atoms with van der Waals surface area (Å²) in [6, 6.07) is 27.3. The molecule has 2 amide bonds. The number of rotatable bonds is 8.